The third-order valence-electron chi connectivity index (χ3n) is 8.79. The largest absolute Gasteiger partial charge is 0.367 e. The average Bonchev–Trinajstić information content (AvgIpc) is 3.14. The lowest BCUT2D eigenvalue weighted by Crippen LogP contribution is -2.53. The monoisotopic (exact) mass is 459 g/mol. The maximum Gasteiger partial charge on any atom is 0.132 e. The number of rotatable bonds is 4. The second-order valence-electron chi connectivity index (χ2n) is 11.1. The average molecular weight is 460 g/mol. The van der Waals surface area contributed by atoms with Crippen LogP contribution in [0.15, 0.2) is 36.5 Å². The van der Waals surface area contributed by atoms with Crippen molar-refractivity contribution in [3.63, 3.8) is 0 Å². The van der Waals surface area contributed by atoms with Crippen molar-refractivity contribution in [3.8, 4) is 11.3 Å². The number of benzene rings is 1. The van der Waals surface area contributed by atoms with Gasteiger partial charge in [-0.05, 0) is 87.6 Å². The minimum atomic E-state index is -0.223. The molecule has 0 atom stereocenters. The van der Waals surface area contributed by atoms with Gasteiger partial charge in [-0.15, -0.1) is 0 Å². The normalized spacial score (nSPS) is 26.1. The SMILES string of the molecule is Cc1ccc(-c2cc(N3CCc4c(c(C)nn4CC45CCC(N)(CC4)CC5)C3)ccn2)c(F)c1. The zero-order valence-electron chi connectivity index (χ0n) is 20.3. The molecule has 0 unspecified atom stereocenters. The Balaban J connectivity index is 1.24. The summed E-state index contributed by atoms with van der Waals surface area (Å²) >= 11 is 0. The summed E-state index contributed by atoms with van der Waals surface area (Å²) in [5.41, 5.74) is 14.1. The predicted octanol–water partition coefficient (Wildman–Crippen LogP) is 5.32. The first-order valence-corrected chi connectivity index (χ1v) is 12.6. The maximum absolute atomic E-state index is 14.6. The van der Waals surface area contributed by atoms with Crippen LogP contribution in [0.1, 0.15) is 61.0 Å². The summed E-state index contributed by atoms with van der Waals surface area (Å²) in [6, 6.07) is 9.37. The number of halogens is 1. The third-order valence-corrected chi connectivity index (χ3v) is 8.79. The van der Waals surface area contributed by atoms with E-state index in [0.717, 1.165) is 62.3 Å². The molecule has 6 heteroatoms. The lowest BCUT2D eigenvalue weighted by atomic mass is 9.57. The van der Waals surface area contributed by atoms with E-state index < -0.39 is 0 Å². The molecule has 0 amide bonds. The molecule has 3 heterocycles. The molecule has 178 valence electrons. The van der Waals surface area contributed by atoms with E-state index in [9.17, 15) is 4.39 Å². The first-order valence-electron chi connectivity index (χ1n) is 12.6. The highest BCUT2D eigenvalue weighted by molar-refractivity contribution is 5.65. The highest BCUT2D eigenvalue weighted by Crippen LogP contribution is 2.52. The molecule has 3 fully saturated rings. The lowest BCUT2D eigenvalue weighted by molar-refractivity contribution is 0.0263. The molecule has 0 spiro atoms. The first kappa shape index (κ1) is 21.8. The van der Waals surface area contributed by atoms with Gasteiger partial charge in [0.2, 0.25) is 0 Å². The molecule has 2 aromatic heterocycles. The zero-order chi connectivity index (χ0) is 23.5. The molecule has 2 N–H and O–H groups in total. The van der Waals surface area contributed by atoms with Crippen LogP contribution >= 0.6 is 0 Å². The summed E-state index contributed by atoms with van der Waals surface area (Å²) in [6.45, 7) is 6.84. The minimum absolute atomic E-state index is 0.104. The van der Waals surface area contributed by atoms with Crippen LogP contribution in [0.3, 0.4) is 0 Å². The van der Waals surface area contributed by atoms with Crippen molar-refractivity contribution in [2.75, 3.05) is 11.4 Å². The Morgan fingerprint density at radius 2 is 1.79 bits per heavy atom. The molecule has 4 aliphatic rings. The minimum Gasteiger partial charge on any atom is -0.367 e. The number of anilines is 1. The quantitative estimate of drug-likeness (QED) is 0.574. The van der Waals surface area contributed by atoms with Crippen molar-refractivity contribution in [1.29, 1.82) is 0 Å². The third kappa shape index (κ3) is 3.72. The molecular formula is C28H34FN5. The Labute approximate surface area is 201 Å². The van der Waals surface area contributed by atoms with E-state index >= 15 is 0 Å². The van der Waals surface area contributed by atoms with E-state index in [0.29, 0.717) is 16.7 Å². The van der Waals surface area contributed by atoms with Crippen LogP contribution in [0.2, 0.25) is 0 Å². The van der Waals surface area contributed by atoms with E-state index in [4.69, 9.17) is 10.8 Å². The van der Waals surface area contributed by atoms with Crippen LogP contribution < -0.4 is 10.6 Å². The van der Waals surface area contributed by atoms with Gasteiger partial charge in [0.15, 0.2) is 0 Å². The van der Waals surface area contributed by atoms with Gasteiger partial charge in [-0.1, -0.05) is 6.07 Å². The van der Waals surface area contributed by atoms with Crippen LogP contribution in [-0.2, 0) is 19.5 Å². The molecular weight excluding hydrogens is 425 g/mol. The molecule has 3 saturated carbocycles. The van der Waals surface area contributed by atoms with Crippen molar-refractivity contribution in [1.82, 2.24) is 14.8 Å². The molecule has 0 saturated heterocycles. The summed E-state index contributed by atoms with van der Waals surface area (Å²) in [6.07, 6.45) is 9.96. The second-order valence-corrected chi connectivity index (χ2v) is 11.1. The van der Waals surface area contributed by atoms with Crippen LogP contribution in [0.4, 0.5) is 10.1 Å². The molecule has 0 radical (unpaired) electrons. The molecule has 5 nitrogen and oxygen atoms in total. The topological polar surface area (TPSA) is 60.0 Å². The first-order chi connectivity index (χ1) is 16.3. The highest BCUT2D eigenvalue weighted by Gasteiger charge is 2.47. The fraction of sp³-hybridized carbons (Fsp3) is 0.500. The number of aryl methyl sites for hydroxylation is 2. The number of pyridine rings is 1. The van der Waals surface area contributed by atoms with Gasteiger partial charge < -0.3 is 10.6 Å². The summed E-state index contributed by atoms with van der Waals surface area (Å²) < 4.78 is 16.9. The summed E-state index contributed by atoms with van der Waals surface area (Å²) in [7, 11) is 0. The molecule has 1 aliphatic heterocycles. The number of nitrogens with two attached hydrogens (primary N) is 1. The second kappa shape index (κ2) is 7.91. The van der Waals surface area contributed by atoms with E-state index in [-0.39, 0.29) is 11.4 Å². The maximum atomic E-state index is 14.6. The van der Waals surface area contributed by atoms with Crippen molar-refractivity contribution in [3.05, 3.63) is 64.9 Å². The Bertz CT molecular complexity index is 1220. The fourth-order valence-corrected chi connectivity index (χ4v) is 6.45. The Morgan fingerprint density at radius 1 is 1.03 bits per heavy atom. The number of fused-ring (bicyclic) bond motifs is 4. The van der Waals surface area contributed by atoms with Gasteiger partial charge in [0.25, 0.3) is 0 Å². The molecule has 3 aromatic rings. The Morgan fingerprint density at radius 3 is 2.53 bits per heavy atom. The van der Waals surface area contributed by atoms with Gasteiger partial charge in [-0.3, -0.25) is 9.67 Å². The zero-order valence-corrected chi connectivity index (χ0v) is 20.3. The predicted molar refractivity (Wildman–Crippen MR) is 133 cm³/mol. The number of aromatic nitrogens is 3. The fourth-order valence-electron chi connectivity index (χ4n) is 6.45. The van der Waals surface area contributed by atoms with Crippen molar-refractivity contribution >= 4 is 5.69 Å². The summed E-state index contributed by atoms with van der Waals surface area (Å²) in [5.74, 6) is -0.223. The van der Waals surface area contributed by atoms with E-state index in [2.05, 4.69) is 21.5 Å². The molecule has 1 aromatic carbocycles. The lowest BCUT2D eigenvalue weighted by Gasteiger charge is -2.52. The highest BCUT2D eigenvalue weighted by atomic mass is 19.1. The number of hydrogen-bond donors (Lipinski definition) is 1. The number of hydrogen-bond acceptors (Lipinski definition) is 4. The van der Waals surface area contributed by atoms with Crippen LogP contribution in [0, 0.1) is 25.1 Å². The van der Waals surface area contributed by atoms with Crippen molar-refractivity contribution in [2.24, 2.45) is 11.1 Å². The smallest absolute Gasteiger partial charge is 0.132 e. The van der Waals surface area contributed by atoms with Gasteiger partial charge in [0.05, 0.1) is 11.4 Å². The van der Waals surface area contributed by atoms with Gasteiger partial charge in [-0.25, -0.2) is 4.39 Å². The van der Waals surface area contributed by atoms with Gasteiger partial charge >= 0.3 is 0 Å². The Hall–Kier alpha value is -2.73. The summed E-state index contributed by atoms with van der Waals surface area (Å²) in [4.78, 5) is 6.84. The molecule has 3 aliphatic carbocycles. The van der Waals surface area contributed by atoms with E-state index in [1.165, 1.54) is 30.5 Å². The van der Waals surface area contributed by atoms with Gasteiger partial charge in [0.1, 0.15) is 5.82 Å². The number of nitrogens with zero attached hydrogens (tertiary/aromatic N) is 4. The molecule has 2 bridgehead atoms. The van der Waals surface area contributed by atoms with Crippen molar-refractivity contribution < 1.29 is 4.39 Å². The van der Waals surface area contributed by atoms with Crippen molar-refractivity contribution in [2.45, 2.75) is 77.4 Å². The van der Waals surface area contributed by atoms with Gasteiger partial charge in [-0.2, -0.15) is 5.10 Å². The molecule has 34 heavy (non-hydrogen) atoms. The van der Waals surface area contributed by atoms with Crippen LogP contribution in [0.5, 0.6) is 0 Å². The molecule has 7 rings (SSSR count). The Kier molecular flexibility index (Phi) is 5.07. The standard InChI is InChI=1S/C28H34FN5/c1-19-3-4-22(24(29)15-19)25-16-21(5-13-31-25)33-14-6-26-23(17-33)20(2)32-34(26)18-27-7-10-28(30,11-8-27)12-9-27/h3-5,13,15-16H,6-12,14,17-18,30H2,1-2H3. The van der Waals surface area contributed by atoms with E-state index in [1.807, 2.05) is 31.2 Å². The van der Waals surface area contributed by atoms with E-state index in [1.54, 1.807) is 12.3 Å². The summed E-state index contributed by atoms with van der Waals surface area (Å²) in [5, 5.41) is 5.02. The van der Waals surface area contributed by atoms with Crippen LogP contribution in [0.25, 0.3) is 11.3 Å². The van der Waals surface area contributed by atoms with Crippen LogP contribution in [-0.4, -0.2) is 26.8 Å². The van der Waals surface area contributed by atoms with Gasteiger partial charge in [0, 0.05) is 60.3 Å².